The van der Waals surface area contributed by atoms with Crippen LogP contribution < -0.4 is 11.1 Å². The Morgan fingerprint density at radius 1 is 1.56 bits per heavy atom. The van der Waals surface area contributed by atoms with E-state index in [1.165, 1.54) is 12.2 Å². The first-order valence-corrected chi connectivity index (χ1v) is 7.18. The maximum atomic E-state index is 11.2. The molecule has 0 saturated carbocycles. The first kappa shape index (κ1) is 15.8. The number of hydrogen-bond acceptors (Lipinski definition) is 3. The molecule has 0 aliphatic rings. The van der Waals surface area contributed by atoms with Gasteiger partial charge in [0, 0.05) is 0 Å². The molecule has 0 radical (unpaired) electrons. The second-order valence-electron chi connectivity index (χ2n) is 4.64. The second-order valence-corrected chi connectivity index (χ2v) is 5.79. The fraction of sp³-hybridized carbons (Fsp3) is 0.917. The van der Waals surface area contributed by atoms with Gasteiger partial charge in [0.05, 0.1) is 5.54 Å². The Kier molecular flexibility index (Phi) is 7.85. The third-order valence-corrected chi connectivity index (χ3v) is 4.54. The number of likely N-dealkylation sites (N-methyl/N-ethyl adjacent to an activating group) is 1. The Labute approximate surface area is 104 Å². The molecule has 0 aromatic heterocycles. The van der Waals surface area contributed by atoms with Crippen LogP contribution in [-0.2, 0) is 4.79 Å². The maximum Gasteiger partial charge on any atom is 0.237 e. The van der Waals surface area contributed by atoms with Crippen LogP contribution in [0.25, 0.3) is 0 Å². The van der Waals surface area contributed by atoms with Crippen molar-refractivity contribution in [3.63, 3.8) is 0 Å². The van der Waals surface area contributed by atoms with Gasteiger partial charge in [-0.3, -0.25) is 4.79 Å². The molecule has 0 bridgehead atoms. The minimum Gasteiger partial charge on any atom is -0.368 e. The van der Waals surface area contributed by atoms with Crippen molar-refractivity contribution in [1.82, 2.24) is 5.32 Å². The van der Waals surface area contributed by atoms with Crippen LogP contribution in [0.2, 0.25) is 0 Å². The second kappa shape index (κ2) is 7.96. The number of primary amides is 1. The van der Waals surface area contributed by atoms with Gasteiger partial charge in [-0.25, -0.2) is 0 Å². The van der Waals surface area contributed by atoms with Gasteiger partial charge >= 0.3 is 0 Å². The predicted octanol–water partition coefficient (Wildman–Crippen LogP) is 2.01. The number of rotatable bonds is 9. The van der Waals surface area contributed by atoms with Gasteiger partial charge in [-0.2, -0.15) is 11.8 Å². The van der Waals surface area contributed by atoms with E-state index in [4.69, 9.17) is 5.73 Å². The Morgan fingerprint density at radius 2 is 2.19 bits per heavy atom. The van der Waals surface area contributed by atoms with Crippen molar-refractivity contribution in [2.45, 2.75) is 45.6 Å². The van der Waals surface area contributed by atoms with E-state index in [9.17, 15) is 4.79 Å². The van der Waals surface area contributed by atoms with Crippen LogP contribution in [-0.4, -0.2) is 30.0 Å². The van der Waals surface area contributed by atoms with E-state index < -0.39 is 5.54 Å². The van der Waals surface area contributed by atoms with Gasteiger partial charge < -0.3 is 11.1 Å². The Hall–Kier alpha value is -0.220. The quantitative estimate of drug-likeness (QED) is 0.612. The molecule has 3 nitrogen and oxygen atoms in total. The van der Waals surface area contributed by atoms with Crippen LogP contribution in [0, 0.1) is 5.92 Å². The highest BCUT2D eigenvalue weighted by Crippen LogP contribution is 2.17. The number of carbonyl (C=O) groups excluding carboxylic acids is 1. The fourth-order valence-corrected chi connectivity index (χ4v) is 2.45. The topological polar surface area (TPSA) is 55.1 Å². The SMILES string of the molecule is CCC(C)CSCCCC(C)(NC)C(N)=O. The lowest BCUT2D eigenvalue weighted by Crippen LogP contribution is -2.51. The lowest BCUT2D eigenvalue weighted by atomic mass is 9.96. The number of thioether (sulfide) groups is 1. The fourth-order valence-electron chi connectivity index (χ4n) is 1.30. The standard InChI is InChI=1S/C12H26N2OS/c1-5-10(2)9-16-8-6-7-12(3,14-4)11(13)15/h10,14H,5-9H2,1-4H3,(H2,13,15). The molecule has 0 aromatic carbocycles. The minimum absolute atomic E-state index is 0.262. The zero-order valence-corrected chi connectivity index (χ0v) is 11.8. The van der Waals surface area contributed by atoms with Gasteiger partial charge in [-0.15, -0.1) is 0 Å². The van der Waals surface area contributed by atoms with E-state index in [2.05, 4.69) is 19.2 Å². The van der Waals surface area contributed by atoms with E-state index in [0.29, 0.717) is 0 Å². The highest BCUT2D eigenvalue weighted by atomic mass is 32.2. The summed E-state index contributed by atoms with van der Waals surface area (Å²) in [4.78, 5) is 11.2. The molecule has 0 heterocycles. The largest absolute Gasteiger partial charge is 0.368 e. The average molecular weight is 246 g/mol. The van der Waals surface area contributed by atoms with Crippen LogP contribution in [0.3, 0.4) is 0 Å². The van der Waals surface area contributed by atoms with E-state index in [-0.39, 0.29) is 5.91 Å². The van der Waals surface area contributed by atoms with Gasteiger partial charge in [0.15, 0.2) is 0 Å². The number of hydrogen-bond donors (Lipinski definition) is 2. The van der Waals surface area contributed by atoms with E-state index in [1.54, 1.807) is 7.05 Å². The van der Waals surface area contributed by atoms with Crippen LogP contribution in [0.4, 0.5) is 0 Å². The number of amides is 1. The molecule has 0 rings (SSSR count). The Bertz CT molecular complexity index is 211. The maximum absolute atomic E-state index is 11.2. The monoisotopic (exact) mass is 246 g/mol. The lowest BCUT2D eigenvalue weighted by Gasteiger charge is -2.25. The van der Waals surface area contributed by atoms with E-state index in [0.717, 1.165) is 24.5 Å². The number of carbonyl (C=O) groups is 1. The molecule has 2 atom stereocenters. The summed E-state index contributed by atoms with van der Waals surface area (Å²) in [6.07, 6.45) is 3.08. The summed E-state index contributed by atoms with van der Waals surface area (Å²) in [6.45, 7) is 6.36. The number of nitrogens with one attached hydrogen (secondary N) is 1. The molecule has 0 aliphatic heterocycles. The van der Waals surface area contributed by atoms with Crippen LogP contribution >= 0.6 is 11.8 Å². The molecule has 0 fully saturated rings. The van der Waals surface area contributed by atoms with Crippen LogP contribution in [0.1, 0.15) is 40.0 Å². The molecule has 0 saturated heterocycles. The van der Waals surface area contributed by atoms with Gasteiger partial charge in [-0.05, 0) is 44.2 Å². The molecule has 0 aromatic rings. The molecule has 96 valence electrons. The molecule has 0 aliphatic carbocycles. The third kappa shape index (κ3) is 5.75. The van der Waals surface area contributed by atoms with Gasteiger partial charge in [0.2, 0.25) is 5.91 Å². The van der Waals surface area contributed by atoms with Crippen molar-refractivity contribution in [3.05, 3.63) is 0 Å². The molecule has 16 heavy (non-hydrogen) atoms. The summed E-state index contributed by atoms with van der Waals surface area (Å²) in [5, 5.41) is 3.00. The summed E-state index contributed by atoms with van der Waals surface area (Å²) in [5.74, 6) is 2.84. The van der Waals surface area contributed by atoms with Gasteiger partial charge in [0.25, 0.3) is 0 Å². The molecule has 3 N–H and O–H groups in total. The summed E-state index contributed by atoms with van der Waals surface area (Å²) in [7, 11) is 1.79. The molecule has 0 spiro atoms. The summed E-state index contributed by atoms with van der Waals surface area (Å²) in [6, 6.07) is 0. The van der Waals surface area contributed by atoms with E-state index >= 15 is 0 Å². The molecular formula is C12H26N2OS. The van der Waals surface area contributed by atoms with Crippen molar-refractivity contribution in [1.29, 1.82) is 0 Å². The minimum atomic E-state index is -0.545. The zero-order chi connectivity index (χ0) is 12.6. The summed E-state index contributed by atoms with van der Waals surface area (Å²) < 4.78 is 0. The van der Waals surface area contributed by atoms with Crippen molar-refractivity contribution in [2.24, 2.45) is 11.7 Å². The van der Waals surface area contributed by atoms with Gasteiger partial charge in [0.1, 0.15) is 0 Å². The van der Waals surface area contributed by atoms with Gasteiger partial charge in [-0.1, -0.05) is 20.3 Å². The molecular weight excluding hydrogens is 220 g/mol. The van der Waals surface area contributed by atoms with Crippen molar-refractivity contribution < 1.29 is 4.79 Å². The third-order valence-electron chi connectivity index (χ3n) is 3.16. The highest BCUT2D eigenvalue weighted by molar-refractivity contribution is 7.99. The lowest BCUT2D eigenvalue weighted by molar-refractivity contribution is -0.123. The average Bonchev–Trinajstić information content (AvgIpc) is 2.27. The van der Waals surface area contributed by atoms with Crippen LogP contribution in [0.5, 0.6) is 0 Å². The zero-order valence-electron chi connectivity index (χ0n) is 11.0. The first-order chi connectivity index (χ1) is 7.46. The summed E-state index contributed by atoms with van der Waals surface area (Å²) in [5.41, 5.74) is 4.81. The summed E-state index contributed by atoms with van der Waals surface area (Å²) >= 11 is 1.97. The normalized spacial score (nSPS) is 16.8. The first-order valence-electron chi connectivity index (χ1n) is 6.02. The van der Waals surface area contributed by atoms with Crippen molar-refractivity contribution >= 4 is 17.7 Å². The molecule has 2 unspecified atom stereocenters. The smallest absolute Gasteiger partial charge is 0.237 e. The molecule has 1 amide bonds. The van der Waals surface area contributed by atoms with E-state index in [1.807, 2.05) is 18.7 Å². The molecule has 4 heteroatoms. The Balaban J connectivity index is 3.68. The van der Waals surface area contributed by atoms with Crippen LogP contribution in [0.15, 0.2) is 0 Å². The number of nitrogens with two attached hydrogens (primary N) is 1. The predicted molar refractivity (Wildman–Crippen MR) is 72.7 cm³/mol. The highest BCUT2D eigenvalue weighted by Gasteiger charge is 2.27. The Morgan fingerprint density at radius 3 is 2.62 bits per heavy atom. The van der Waals surface area contributed by atoms with Crippen molar-refractivity contribution in [2.75, 3.05) is 18.6 Å². The van der Waals surface area contributed by atoms with Crippen molar-refractivity contribution in [3.8, 4) is 0 Å².